The number of rotatable bonds is 3. The van der Waals surface area contributed by atoms with Crippen LogP contribution < -0.4 is 5.73 Å². The summed E-state index contributed by atoms with van der Waals surface area (Å²) < 4.78 is 0. The monoisotopic (exact) mass is 249 g/mol. The fourth-order valence-electron chi connectivity index (χ4n) is 1.01. The van der Waals surface area contributed by atoms with Gasteiger partial charge in [-0.2, -0.15) is 0 Å². The van der Waals surface area contributed by atoms with Crippen molar-refractivity contribution >= 4 is 23.7 Å². The van der Waals surface area contributed by atoms with E-state index in [0.717, 1.165) is 12.5 Å². The molecule has 96 valence electrons. The van der Waals surface area contributed by atoms with E-state index in [1.165, 1.54) is 13.0 Å². The number of benzene rings is 1. The molecule has 0 unspecified atom stereocenters. The minimum atomic E-state index is -0.833. The van der Waals surface area contributed by atoms with Crippen LogP contribution in [0.1, 0.15) is 29.8 Å². The zero-order valence-corrected chi connectivity index (χ0v) is 10.2. The van der Waals surface area contributed by atoms with Gasteiger partial charge in [0.05, 0.1) is 0 Å². The Morgan fingerprint density at radius 1 is 1.11 bits per heavy atom. The van der Waals surface area contributed by atoms with E-state index >= 15 is 0 Å². The number of hydrogen-bond acceptors (Lipinski definition) is 3. The second-order valence-corrected chi connectivity index (χ2v) is 3.43. The van der Waals surface area contributed by atoms with E-state index in [0.29, 0.717) is 5.56 Å². The van der Waals surface area contributed by atoms with E-state index in [2.05, 4.69) is 0 Å². The first-order valence-electron chi connectivity index (χ1n) is 5.11. The molecular weight excluding hydrogens is 234 g/mol. The van der Waals surface area contributed by atoms with Crippen molar-refractivity contribution in [3.8, 4) is 0 Å². The molecule has 1 rings (SSSR count). The van der Waals surface area contributed by atoms with Crippen LogP contribution in [0.4, 0.5) is 0 Å². The van der Waals surface area contributed by atoms with Crippen molar-refractivity contribution in [2.75, 3.05) is 0 Å². The van der Waals surface area contributed by atoms with Crippen LogP contribution in [-0.2, 0) is 9.59 Å². The van der Waals surface area contributed by atoms with Crippen molar-refractivity contribution in [3.63, 3.8) is 0 Å². The third kappa shape index (κ3) is 7.81. The largest absolute Gasteiger partial charge is 0.481 e. The Labute approximate surface area is 105 Å². The highest BCUT2D eigenvalue weighted by Crippen LogP contribution is 2.06. The lowest BCUT2D eigenvalue weighted by molar-refractivity contribution is -0.134. The van der Waals surface area contributed by atoms with Crippen molar-refractivity contribution in [3.05, 3.63) is 41.5 Å². The second kappa shape index (κ2) is 7.78. The number of carbonyl (C=O) groups is 3. The number of carbonyl (C=O) groups excluding carboxylic acids is 2. The number of carboxylic acids is 1. The molecule has 1 amide bonds. The van der Waals surface area contributed by atoms with Gasteiger partial charge in [0.15, 0.2) is 5.78 Å². The predicted octanol–water partition coefficient (Wildman–Crippen LogP) is 1.48. The van der Waals surface area contributed by atoms with Crippen LogP contribution >= 0.6 is 0 Å². The zero-order chi connectivity index (χ0) is 14.1. The number of ketones is 1. The van der Waals surface area contributed by atoms with E-state index < -0.39 is 11.9 Å². The summed E-state index contributed by atoms with van der Waals surface area (Å²) in [6.07, 6.45) is 2.88. The van der Waals surface area contributed by atoms with E-state index in [9.17, 15) is 9.59 Å². The molecule has 0 saturated heterocycles. The Kier molecular flexibility index (Phi) is 6.73. The summed E-state index contributed by atoms with van der Waals surface area (Å²) in [7, 11) is 0. The fourth-order valence-corrected chi connectivity index (χ4v) is 1.01. The number of nitrogens with two attached hydrogens (primary N) is 1. The van der Waals surface area contributed by atoms with Gasteiger partial charge in [-0.15, -0.1) is 0 Å². The molecule has 0 atom stereocenters. The molecule has 5 nitrogen and oxygen atoms in total. The van der Waals surface area contributed by atoms with Gasteiger partial charge in [0.2, 0.25) is 5.91 Å². The van der Waals surface area contributed by atoms with Gasteiger partial charge >= 0.3 is 0 Å². The maximum absolute atomic E-state index is 10.9. The standard InChI is InChI=1S/C11H11NO2.C2H4O2/c1-8(13)10-5-2-9(3-6-10)4-7-11(12)14;1-2(3)4/h2-7H,1H3,(H2,12,14);1H3,(H,3,4). The Bertz CT molecular complexity index is 456. The van der Waals surface area contributed by atoms with Gasteiger partial charge < -0.3 is 10.8 Å². The van der Waals surface area contributed by atoms with Crippen LogP contribution in [0.2, 0.25) is 0 Å². The smallest absolute Gasteiger partial charge is 0.300 e. The van der Waals surface area contributed by atoms with Crippen LogP contribution in [0.3, 0.4) is 0 Å². The Balaban J connectivity index is 0.000000631. The Hall–Kier alpha value is -2.43. The first-order chi connectivity index (χ1) is 8.32. The molecular formula is C13H15NO4. The van der Waals surface area contributed by atoms with Crippen LogP contribution in [0.25, 0.3) is 6.08 Å². The molecule has 0 aliphatic rings. The summed E-state index contributed by atoms with van der Waals surface area (Å²) >= 11 is 0. The quantitative estimate of drug-likeness (QED) is 0.626. The van der Waals surface area contributed by atoms with Crippen molar-refractivity contribution in [1.82, 2.24) is 0 Å². The molecule has 0 saturated carbocycles. The van der Waals surface area contributed by atoms with Gasteiger partial charge in [-0.1, -0.05) is 24.3 Å². The van der Waals surface area contributed by atoms with Gasteiger partial charge in [-0.3, -0.25) is 14.4 Å². The molecule has 0 radical (unpaired) electrons. The first-order valence-corrected chi connectivity index (χ1v) is 5.11. The minimum absolute atomic E-state index is 0.0235. The summed E-state index contributed by atoms with van der Waals surface area (Å²) in [4.78, 5) is 30.4. The molecule has 0 aromatic heterocycles. The van der Waals surface area contributed by atoms with Crippen molar-refractivity contribution in [1.29, 1.82) is 0 Å². The maximum atomic E-state index is 10.9. The topological polar surface area (TPSA) is 97.5 Å². The van der Waals surface area contributed by atoms with Crippen LogP contribution in [0, 0.1) is 0 Å². The number of amides is 1. The fraction of sp³-hybridized carbons (Fsp3) is 0.154. The van der Waals surface area contributed by atoms with Crippen molar-refractivity contribution < 1.29 is 19.5 Å². The molecule has 0 bridgehead atoms. The Morgan fingerprint density at radius 2 is 1.56 bits per heavy atom. The van der Waals surface area contributed by atoms with E-state index in [1.807, 2.05) is 0 Å². The SMILES string of the molecule is CC(=O)O.CC(=O)c1ccc(C=CC(N)=O)cc1. The van der Waals surface area contributed by atoms with E-state index in [1.54, 1.807) is 30.3 Å². The van der Waals surface area contributed by atoms with Gasteiger partial charge in [0.1, 0.15) is 0 Å². The lowest BCUT2D eigenvalue weighted by Crippen LogP contribution is -2.05. The highest BCUT2D eigenvalue weighted by Gasteiger charge is 1.96. The second-order valence-electron chi connectivity index (χ2n) is 3.43. The average molecular weight is 249 g/mol. The lowest BCUT2D eigenvalue weighted by Gasteiger charge is -1.95. The third-order valence-corrected chi connectivity index (χ3v) is 1.76. The molecule has 0 fully saturated rings. The first kappa shape index (κ1) is 15.6. The minimum Gasteiger partial charge on any atom is -0.481 e. The summed E-state index contributed by atoms with van der Waals surface area (Å²) in [5.74, 6) is -1.30. The van der Waals surface area contributed by atoms with Gasteiger partial charge in [-0.05, 0) is 18.6 Å². The number of aliphatic carboxylic acids is 1. The molecule has 1 aromatic rings. The summed E-state index contributed by atoms with van der Waals surface area (Å²) in [6.45, 7) is 2.59. The van der Waals surface area contributed by atoms with Crippen molar-refractivity contribution in [2.24, 2.45) is 5.73 Å². The molecule has 18 heavy (non-hydrogen) atoms. The highest BCUT2D eigenvalue weighted by atomic mass is 16.4. The normalized spacial score (nSPS) is 9.44. The molecule has 0 aliphatic carbocycles. The molecule has 1 aromatic carbocycles. The predicted molar refractivity (Wildman–Crippen MR) is 68.0 cm³/mol. The van der Waals surface area contributed by atoms with Gasteiger partial charge in [-0.25, -0.2) is 0 Å². The molecule has 0 aliphatic heterocycles. The number of carboxylic acid groups (broad SMARTS) is 1. The zero-order valence-electron chi connectivity index (χ0n) is 10.2. The Morgan fingerprint density at radius 3 is 1.89 bits per heavy atom. The summed E-state index contributed by atoms with van der Waals surface area (Å²) in [6, 6.07) is 6.94. The lowest BCUT2D eigenvalue weighted by atomic mass is 10.1. The molecule has 0 spiro atoms. The molecule has 3 N–H and O–H groups in total. The number of Topliss-reactive ketones (excluding diaryl/α,β-unsaturated/α-hetero) is 1. The summed E-state index contributed by atoms with van der Waals surface area (Å²) in [5.41, 5.74) is 6.43. The maximum Gasteiger partial charge on any atom is 0.300 e. The number of primary amides is 1. The molecule has 0 heterocycles. The van der Waals surface area contributed by atoms with Crippen LogP contribution in [0.5, 0.6) is 0 Å². The average Bonchev–Trinajstić information content (AvgIpc) is 2.26. The third-order valence-electron chi connectivity index (χ3n) is 1.76. The summed E-state index contributed by atoms with van der Waals surface area (Å²) in [5, 5.41) is 7.42. The van der Waals surface area contributed by atoms with E-state index in [-0.39, 0.29) is 5.78 Å². The van der Waals surface area contributed by atoms with Crippen LogP contribution in [-0.4, -0.2) is 22.8 Å². The molecule has 5 heteroatoms. The van der Waals surface area contributed by atoms with Crippen LogP contribution in [0.15, 0.2) is 30.3 Å². The van der Waals surface area contributed by atoms with Gasteiger partial charge in [0.25, 0.3) is 5.97 Å². The highest BCUT2D eigenvalue weighted by molar-refractivity contribution is 5.94. The van der Waals surface area contributed by atoms with Crippen molar-refractivity contribution in [2.45, 2.75) is 13.8 Å². The number of hydrogen-bond donors (Lipinski definition) is 2. The van der Waals surface area contributed by atoms with Gasteiger partial charge in [0, 0.05) is 18.6 Å². The van der Waals surface area contributed by atoms with E-state index in [4.69, 9.17) is 15.6 Å².